The van der Waals surface area contributed by atoms with Crippen LogP contribution in [0.3, 0.4) is 0 Å². The van der Waals surface area contributed by atoms with Crippen LogP contribution in [-0.4, -0.2) is 19.8 Å². The van der Waals surface area contributed by atoms with E-state index in [9.17, 15) is 8.42 Å². The molecule has 0 unspecified atom stereocenters. The number of nitrogens with zero attached hydrogens (tertiary/aromatic N) is 1. The molecule has 0 fully saturated rings. The van der Waals surface area contributed by atoms with Gasteiger partial charge in [0.2, 0.25) is 10.0 Å². The summed E-state index contributed by atoms with van der Waals surface area (Å²) >= 11 is 0. The number of rotatable bonds is 4. The molecule has 3 nitrogen and oxygen atoms in total. The maximum absolute atomic E-state index is 13.1. The molecular formula is C20H19NO2S. The van der Waals surface area contributed by atoms with Gasteiger partial charge in [-0.15, -0.1) is 0 Å². The lowest BCUT2D eigenvalue weighted by atomic mass is 10.1. The topological polar surface area (TPSA) is 37.4 Å². The van der Waals surface area contributed by atoms with E-state index in [-0.39, 0.29) is 0 Å². The quantitative estimate of drug-likeness (QED) is 0.727. The van der Waals surface area contributed by atoms with E-state index in [1.807, 2.05) is 48.5 Å². The molecule has 4 heteroatoms. The van der Waals surface area contributed by atoms with E-state index in [4.69, 9.17) is 0 Å². The summed E-state index contributed by atoms with van der Waals surface area (Å²) in [5, 5.41) is 1.98. The maximum atomic E-state index is 13.1. The lowest BCUT2D eigenvalue weighted by molar-refractivity contribution is 0.467. The van der Waals surface area contributed by atoms with E-state index < -0.39 is 10.0 Å². The zero-order valence-electron chi connectivity index (χ0n) is 13.6. The molecule has 1 aliphatic rings. The molecule has 0 bridgehead atoms. The Labute approximate surface area is 142 Å². The second-order valence-corrected chi connectivity index (χ2v) is 8.32. The molecule has 0 saturated heterocycles. The Balaban J connectivity index is 1.79. The minimum Gasteiger partial charge on any atom is -0.207 e. The molecule has 1 aliphatic carbocycles. The van der Waals surface area contributed by atoms with E-state index in [1.54, 1.807) is 13.1 Å². The van der Waals surface area contributed by atoms with Crippen LogP contribution in [0.15, 0.2) is 65.6 Å². The van der Waals surface area contributed by atoms with E-state index in [1.165, 1.54) is 15.4 Å². The van der Waals surface area contributed by atoms with Crippen molar-refractivity contribution in [3.05, 3.63) is 77.4 Å². The van der Waals surface area contributed by atoms with Gasteiger partial charge in [0.15, 0.2) is 0 Å². The van der Waals surface area contributed by atoms with Crippen LogP contribution in [0.1, 0.15) is 16.7 Å². The van der Waals surface area contributed by atoms with Gasteiger partial charge in [-0.3, -0.25) is 0 Å². The average Bonchev–Trinajstić information content (AvgIpc) is 3.01. The fourth-order valence-corrected chi connectivity index (χ4v) is 4.88. The first-order chi connectivity index (χ1) is 11.6. The van der Waals surface area contributed by atoms with E-state index in [2.05, 4.69) is 6.07 Å². The molecule has 3 aromatic carbocycles. The summed E-state index contributed by atoms with van der Waals surface area (Å²) in [6.07, 6.45) is 1.99. The highest BCUT2D eigenvalue weighted by molar-refractivity contribution is 7.89. The molecule has 0 aliphatic heterocycles. The van der Waals surface area contributed by atoms with Crippen molar-refractivity contribution in [3.8, 4) is 0 Å². The van der Waals surface area contributed by atoms with Gasteiger partial charge in [0.25, 0.3) is 0 Å². The summed E-state index contributed by atoms with van der Waals surface area (Å²) in [5.41, 5.74) is 3.49. The Morgan fingerprint density at radius 1 is 0.875 bits per heavy atom. The van der Waals surface area contributed by atoms with Crippen LogP contribution < -0.4 is 0 Å². The molecule has 0 saturated carbocycles. The summed E-state index contributed by atoms with van der Waals surface area (Å²) in [6.45, 7) is 0.367. The third-order valence-electron chi connectivity index (χ3n) is 4.77. The number of aryl methyl sites for hydroxylation is 2. The molecule has 0 N–H and O–H groups in total. The van der Waals surface area contributed by atoms with Crippen molar-refractivity contribution in [1.82, 2.24) is 4.31 Å². The molecule has 0 spiro atoms. The van der Waals surface area contributed by atoms with Gasteiger partial charge in [0.1, 0.15) is 0 Å². The van der Waals surface area contributed by atoms with Gasteiger partial charge in [-0.2, -0.15) is 4.31 Å². The number of hydrogen-bond donors (Lipinski definition) is 0. The van der Waals surface area contributed by atoms with Crippen LogP contribution in [0.5, 0.6) is 0 Å². The molecule has 0 heterocycles. The van der Waals surface area contributed by atoms with Gasteiger partial charge >= 0.3 is 0 Å². The van der Waals surface area contributed by atoms with Gasteiger partial charge in [0.05, 0.1) is 4.90 Å². The highest BCUT2D eigenvalue weighted by Gasteiger charge is 2.26. The zero-order chi connectivity index (χ0) is 16.7. The van der Waals surface area contributed by atoms with Gasteiger partial charge in [0, 0.05) is 19.0 Å². The smallest absolute Gasteiger partial charge is 0.207 e. The second-order valence-electron chi connectivity index (χ2n) is 6.31. The number of benzene rings is 3. The lowest BCUT2D eigenvalue weighted by Crippen LogP contribution is -2.26. The predicted octanol–water partition coefficient (Wildman–Crippen LogP) is 3.76. The summed E-state index contributed by atoms with van der Waals surface area (Å²) in [4.78, 5) is 0.406. The minimum atomic E-state index is -3.54. The molecule has 0 radical (unpaired) electrons. The molecule has 0 aromatic heterocycles. The van der Waals surface area contributed by atoms with E-state index >= 15 is 0 Å². The van der Waals surface area contributed by atoms with Crippen LogP contribution in [0.25, 0.3) is 10.8 Å². The third kappa shape index (κ3) is 2.43. The van der Waals surface area contributed by atoms with Crippen molar-refractivity contribution in [2.75, 3.05) is 7.05 Å². The number of sulfonamides is 1. The molecule has 3 aromatic rings. The van der Waals surface area contributed by atoms with Crippen LogP contribution in [-0.2, 0) is 29.4 Å². The first-order valence-electron chi connectivity index (χ1n) is 8.11. The van der Waals surface area contributed by atoms with Crippen LogP contribution in [0.2, 0.25) is 0 Å². The van der Waals surface area contributed by atoms with Crippen molar-refractivity contribution in [2.45, 2.75) is 24.3 Å². The fourth-order valence-electron chi connectivity index (χ4n) is 3.54. The van der Waals surface area contributed by atoms with Crippen molar-refractivity contribution in [3.63, 3.8) is 0 Å². The first kappa shape index (κ1) is 15.4. The van der Waals surface area contributed by atoms with Crippen molar-refractivity contribution < 1.29 is 8.42 Å². The van der Waals surface area contributed by atoms with Gasteiger partial charge in [-0.05, 0) is 41.0 Å². The standard InChI is InChI=1S/C20H19NO2S/c1-21(14-15-6-3-2-4-7-15)24(22,23)19-13-12-17-11-10-16-8-5-9-18(19)20(16)17/h2-9,12-13H,10-11,14H2,1H3. The Hall–Kier alpha value is -2.17. The molecular weight excluding hydrogens is 318 g/mol. The Morgan fingerprint density at radius 2 is 1.58 bits per heavy atom. The van der Waals surface area contributed by atoms with Gasteiger partial charge in [-0.1, -0.05) is 54.6 Å². The summed E-state index contributed by atoms with van der Waals surface area (Å²) in [6, 6.07) is 19.4. The molecule has 0 amide bonds. The lowest BCUT2D eigenvalue weighted by Gasteiger charge is -2.19. The van der Waals surface area contributed by atoms with Gasteiger partial charge in [-0.25, -0.2) is 8.42 Å². The highest BCUT2D eigenvalue weighted by atomic mass is 32.2. The second kappa shape index (κ2) is 5.72. The maximum Gasteiger partial charge on any atom is 0.243 e. The molecule has 122 valence electrons. The predicted molar refractivity (Wildman–Crippen MR) is 96.5 cm³/mol. The monoisotopic (exact) mass is 337 g/mol. The van der Waals surface area contributed by atoms with E-state index in [0.717, 1.165) is 29.2 Å². The molecule has 4 rings (SSSR count). The summed E-state index contributed by atoms with van der Waals surface area (Å²) in [5.74, 6) is 0. The van der Waals surface area contributed by atoms with Crippen molar-refractivity contribution in [1.29, 1.82) is 0 Å². The Morgan fingerprint density at radius 3 is 2.33 bits per heavy atom. The number of hydrogen-bond acceptors (Lipinski definition) is 2. The summed E-state index contributed by atoms with van der Waals surface area (Å²) < 4.78 is 27.7. The Kier molecular flexibility index (Phi) is 3.66. The molecule has 0 atom stereocenters. The zero-order valence-corrected chi connectivity index (χ0v) is 14.4. The minimum absolute atomic E-state index is 0.367. The van der Waals surface area contributed by atoms with Crippen molar-refractivity contribution >= 4 is 20.8 Å². The average molecular weight is 337 g/mol. The first-order valence-corrected chi connectivity index (χ1v) is 9.55. The summed E-state index contributed by atoms with van der Waals surface area (Å²) in [7, 11) is -1.89. The van der Waals surface area contributed by atoms with Crippen LogP contribution in [0, 0.1) is 0 Å². The third-order valence-corrected chi connectivity index (χ3v) is 6.63. The van der Waals surface area contributed by atoms with Crippen LogP contribution >= 0.6 is 0 Å². The van der Waals surface area contributed by atoms with E-state index in [0.29, 0.717) is 11.4 Å². The SMILES string of the molecule is CN(Cc1ccccc1)S(=O)(=O)c1ccc2c3c(cccc13)CC2. The fraction of sp³-hybridized carbons (Fsp3) is 0.200. The molecule has 24 heavy (non-hydrogen) atoms. The largest absolute Gasteiger partial charge is 0.243 e. The van der Waals surface area contributed by atoms with Gasteiger partial charge < -0.3 is 0 Å². The highest BCUT2D eigenvalue weighted by Crippen LogP contribution is 2.35. The Bertz CT molecular complexity index is 1000. The van der Waals surface area contributed by atoms with Crippen LogP contribution in [0.4, 0.5) is 0 Å². The van der Waals surface area contributed by atoms with Crippen molar-refractivity contribution in [2.24, 2.45) is 0 Å². The normalized spacial score (nSPS) is 13.8.